The van der Waals surface area contributed by atoms with Crippen molar-refractivity contribution in [3.05, 3.63) is 54.1 Å². The Balaban J connectivity index is 0.000000329. The Kier molecular flexibility index (Phi) is 3.78. The molecule has 88 valence electrons. The largest absolute Gasteiger partial charge is 0.488 e. The van der Waals surface area contributed by atoms with E-state index in [0.29, 0.717) is 6.61 Å². The van der Waals surface area contributed by atoms with E-state index in [2.05, 4.69) is 24.3 Å². The highest BCUT2D eigenvalue weighted by Crippen LogP contribution is 2.43. The third-order valence-corrected chi connectivity index (χ3v) is 2.44. The second kappa shape index (κ2) is 5.51. The van der Waals surface area contributed by atoms with E-state index >= 15 is 0 Å². The average Bonchev–Trinajstić information content (AvgIpc) is 3.03. The summed E-state index contributed by atoms with van der Waals surface area (Å²) in [6.07, 6.45) is 0. The molecule has 17 heavy (non-hydrogen) atoms. The SMILES string of the molecule is CCN.c1ccc(COc2ccc3cc2-3)cc1. The van der Waals surface area contributed by atoms with E-state index in [4.69, 9.17) is 10.5 Å². The number of hydrogen-bond donors (Lipinski definition) is 1. The number of rotatable bonds is 3. The third kappa shape index (κ3) is 3.08. The number of hydrogen-bond acceptors (Lipinski definition) is 2. The zero-order valence-corrected chi connectivity index (χ0v) is 10.0. The smallest absolute Gasteiger partial charge is 0.127 e. The van der Waals surface area contributed by atoms with Crippen LogP contribution in [0, 0.1) is 0 Å². The molecule has 2 nitrogen and oxygen atoms in total. The van der Waals surface area contributed by atoms with Gasteiger partial charge in [0.25, 0.3) is 0 Å². The van der Waals surface area contributed by atoms with E-state index in [1.54, 1.807) is 0 Å². The van der Waals surface area contributed by atoms with Gasteiger partial charge in [-0.2, -0.15) is 0 Å². The van der Waals surface area contributed by atoms with Crippen LogP contribution in [0.3, 0.4) is 0 Å². The molecule has 1 aromatic rings. The molecule has 1 aromatic carbocycles. The molecule has 2 aliphatic carbocycles. The molecule has 2 aliphatic rings. The van der Waals surface area contributed by atoms with E-state index in [1.165, 1.54) is 16.7 Å². The molecule has 0 aliphatic heterocycles. The fourth-order valence-corrected chi connectivity index (χ4v) is 1.59. The minimum Gasteiger partial charge on any atom is -0.488 e. The maximum absolute atomic E-state index is 5.68. The van der Waals surface area contributed by atoms with Gasteiger partial charge in [-0.25, -0.2) is 0 Å². The molecule has 0 unspecified atom stereocenters. The van der Waals surface area contributed by atoms with Crippen LogP contribution in [-0.4, -0.2) is 6.54 Å². The van der Waals surface area contributed by atoms with Gasteiger partial charge in [0.2, 0.25) is 0 Å². The molecule has 0 saturated carbocycles. The van der Waals surface area contributed by atoms with E-state index in [0.717, 1.165) is 12.3 Å². The van der Waals surface area contributed by atoms with Crippen LogP contribution in [0.2, 0.25) is 0 Å². The Morgan fingerprint density at radius 2 is 1.76 bits per heavy atom. The summed E-state index contributed by atoms with van der Waals surface area (Å²) in [4.78, 5) is 0. The zero-order valence-electron chi connectivity index (χ0n) is 10.0. The normalized spacial score (nSPS) is 10.2. The highest BCUT2D eigenvalue weighted by atomic mass is 16.5. The molecule has 0 radical (unpaired) electrons. The lowest BCUT2D eigenvalue weighted by atomic mass is 10.2. The van der Waals surface area contributed by atoms with Crippen LogP contribution in [0.4, 0.5) is 0 Å². The van der Waals surface area contributed by atoms with Crippen molar-refractivity contribution in [2.24, 2.45) is 5.73 Å². The first-order valence-corrected chi connectivity index (χ1v) is 5.86. The van der Waals surface area contributed by atoms with Crippen molar-refractivity contribution in [1.29, 1.82) is 0 Å². The summed E-state index contributed by atoms with van der Waals surface area (Å²) in [7, 11) is 0. The summed E-state index contributed by atoms with van der Waals surface area (Å²) < 4.78 is 5.68. The molecule has 0 saturated heterocycles. The summed E-state index contributed by atoms with van der Waals surface area (Å²) in [5, 5.41) is 0. The van der Waals surface area contributed by atoms with E-state index in [1.807, 2.05) is 31.2 Å². The second-order valence-corrected chi connectivity index (χ2v) is 3.89. The van der Waals surface area contributed by atoms with Crippen molar-refractivity contribution in [3.63, 3.8) is 0 Å². The lowest BCUT2D eigenvalue weighted by Crippen LogP contribution is -1.93. The Hall–Kier alpha value is -1.80. The van der Waals surface area contributed by atoms with E-state index < -0.39 is 0 Å². The van der Waals surface area contributed by atoms with Crippen LogP contribution >= 0.6 is 0 Å². The van der Waals surface area contributed by atoms with Gasteiger partial charge < -0.3 is 10.5 Å². The van der Waals surface area contributed by atoms with E-state index in [9.17, 15) is 0 Å². The molecule has 3 rings (SSSR count). The van der Waals surface area contributed by atoms with Crippen LogP contribution in [0.25, 0.3) is 11.1 Å². The summed E-state index contributed by atoms with van der Waals surface area (Å²) in [6, 6.07) is 16.5. The molecule has 2 N–H and O–H groups in total. The number of fused-ring (bicyclic) bond motifs is 1. The quantitative estimate of drug-likeness (QED) is 0.745. The Morgan fingerprint density at radius 3 is 2.29 bits per heavy atom. The van der Waals surface area contributed by atoms with Crippen LogP contribution in [0.1, 0.15) is 12.5 Å². The summed E-state index contributed by atoms with van der Waals surface area (Å²) in [5.74, 6) is 1.02. The monoisotopic (exact) mass is 227 g/mol. The molecule has 0 bridgehead atoms. The van der Waals surface area contributed by atoms with Crippen molar-refractivity contribution < 1.29 is 4.74 Å². The lowest BCUT2D eigenvalue weighted by molar-refractivity contribution is 0.309. The first-order valence-electron chi connectivity index (χ1n) is 5.86. The number of ether oxygens (including phenoxy) is 1. The first kappa shape index (κ1) is 11.7. The zero-order chi connectivity index (χ0) is 12.1. The van der Waals surface area contributed by atoms with Gasteiger partial charge in [-0.3, -0.25) is 0 Å². The Labute approximate surface area is 102 Å². The Morgan fingerprint density at radius 1 is 1.06 bits per heavy atom. The van der Waals surface area contributed by atoms with Gasteiger partial charge in [-0.1, -0.05) is 43.3 Å². The van der Waals surface area contributed by atoms with Crippen LogP contribution in [-0.2, 0) is 6.61 Å². The van der Waals surface area contributed by atoms with Crippen molar-refractivity contribution in [3.8, 4) is 16.9 Å². The maximum atomic E-state index is 5.68. The van der Waals surface area contributed by atoms with Crippen LogP contribution in [0.15, 0.2) is 48.5 Å². The molecule has 0 amide bonds. The van der Waals surface area contributed by atoms with Crippen LogP contribution < -0.4 is 10.5 Å². The van der Waals surface area contributed by atoms with Crippen molar-refractivity contribution in [2.75, 3.05) is 6.54 Å². The molecule has 0 spiro atoms. The predicted octanol–water partition coefficient (Wildman–Crippen LogP) is 3.21. The molecule has 0 heterocycles. The molecular weight excluding hydrogens is 210 g/mol. The topological polar surface area (TPSA) is 35.2 Å². The van der Waals surface area contributed by atoms with Crippen LogP contribution in [0.5, 0.6) is 5.75 Å². The molecule has 2 heteroatoms. The fourth-order valence-electron chi connectivity index (χ4n) is 1.59. The van der Waals surface area contributed by atoms with Gasteiger partial charge in [0.05, 0.1) is 0 Å². The van der Waals surface area contributed by atoms with Crippen molar-refractivity contribution >= 4 is 0 Å². The highest BCUT2D eigenvalue weighted by molar-refractivity contribution is 5.87. The standard InChI is InChI=1S/C13H10O.C2H7N/c1-2-4-10(5-3-1)9-14-13-7-6-11-8-12(11)13;1-2-3/h1-8H,9H2;2-3H2,1H3. The molecule has 0 atom stereocenters. The molecule has 0 aromatic heterocycles. The minimum absolute atomic E-state index is 0.658. The maximum Gasteiger partial charge on any atom is 0.127 e. The van der Waals surface area contributed by atoms with Gasteiger partial charge in [0, 0.05) is 5.56 Å². The van der Waals surface area contributed by atoms with Gasteiger partial charge in [-0.15, -0.1) is 0 Å². The van der Waals surface area contributed by atoms with Gasteiger partial charge in [0.1, 0.15) is 12.4 Å². The highest BCUT2D eigenvalue weighted by Gasteiger charge is 2.17. The average molecular weight is 227 g/mol. The van der Waals surface area contributed by atoms with Gasteiger partial charge in [0.15, 0.2) is 0 Å². The number of benzene rings is 2. The predicted molar refractivity (Wildman–Crippen MR) is 70.9 cm³/mol. The lowest BCUT2D eigenvalue weighted by Gasteiger charge is -2.03. The molecule has 0 fully saturated rings. The van der Waals surface area contributed by atoms with Crippen molar-refractivity contribution in [1.82, 2.24) is 0 Å². The number of nitrogens with two attached hydrogens (primary N) is 1. The first-order chi connectivity index (χ1) is 8.35. The van der Waals surface area contributed by atoms with Gasteiger partial charge >= 0.3 is 0 Å². The van der Waals surface area contributed by atoms with E-state index in [-0.39, 0.29) is 0 Å². The summed E-state index contributed by atoms with van der Waals surface area (Å²) in [5.41, 5.74) is 8.66. The third-order valence-electron chi connectivity index (χ3n) is 2.44. The van der Waals surface area contributed by atoms with Crippen molar-refractivity contribution in [2.45, 2.75) is 13.5 Å². The summed E-state index contributed by atoms with van der Waals surface area (Å²) >= 11 is 0. The Bertz CT molecular complexity index is 480. The summed E-state index contributed by atoms with van der Waals surface area (Å²) in [6.45, 7) is 3.31. The minimum atomic E-state index is 0.658. The van der Waals surface area contributed by atoms with Gasteiger partial charge in [-0.05, 0) is 29.8 Å². The molecular formula is C15H17NO. The second-order valence-electron chi connectivity index (χ2n) is 3.89. The fraction of sp³-hybridized carbons (Fsp3) is 0.200.